The van der Waals surface area contributed by atoms with Crippen molar-refractivity contribution in [3.63, 3.8) is 0 Å². The Kier molecular flexibility index (Phi) is 4.87. The SMILES string of the molecule is CCC[C@H](O)[C@@H](CO)Nc1nc(N)nc2cccc(F)c12. The average Bonchev–Trinajstić information content (AvgIpc) is 2.44. The lowest BCUT2D eigenvalue weighted by atomic mass is 10.1. The molecule has 2 aromatic rings. The molecule has 0 aliphatic carbocycles. The van der Waals surface area contributed by atoms with Gasteiger partial charge in [0, 0.05) is 0 Å². The predicted octanol–water partition coefficient (Wildman–Crippen LogP) is 1.28. The number of nitrogens with two attached hydrogens (primary N) is 1. The van der Waals surface area contributed by atoms with E-state index < -0.39 is 18.0 Å². The first-order valence-electron chi connectivity index (χ1n) is 6.84. The van der Waals surface area contributed by atoms with Crippen LogP contribution in [0.2, 0.25) is 0 Å². The minimum absolute atomic E-state index is 0.00253. The molecule has 7 heteroatoms. The second-order valence-corrected chi connectivity index (χ2v) is 4.85. The summed E-state index contributed by atoms with van der Waals surface area (Å²) in [6, 6.07) is 3.80. The quantitative estimate of drug-likeness (QED) is 0.640. The van der Waals surface area contributed by atoms with Crippen molar-refractivity contribution in [1.82, 2.24) is 9.97 Å². The molecule has 2 rings (SSSR count). The number of benzene rings is 1. The second-order valence-electron chi connectivity index (χ2n) is 4.85. The summed E-state index contributed by atoms with van der Waals surface area (Å²) < 4.78 is 14.0. The highest BCUT2D eigenvalue weighted by molar-refractivity contribution is 5.90. The van der Waals surface area contributed by atoms with Gasteiger partial charge in [-0.25, -0.2) is 9.37 Å². The third kappa shape index (κ3) is 3.37. The van der Waals surface area contributed by atoms with E-state index in [1.807, 2.05) is 6.92 Å². The molecule has 2 atom stereocenters. The number of aromatic nitrogens is 2. The van der Waals surface area contributed by atoms with Gasteiger partial charge >= 0.3 is 0 Å². The van der Waals surface area contributed by atoms with Crippen molar-refractivity contribution >= 4 is 22.7 Å². The van der Waals surface area contributed by atoms with Gasteiger partial charge in [-0.2, -0.15) is 4.98 Å². The number of nitrogen functional groups attached to an aromatic ring is 1. The number of anilines is 2. The number of halogens is 1. The van der Waals surface area contributed by atoms with E-state index in [2.05, 4.69) is 15.3 Å². The lowest BCUT2D eigenvalue weighted by molar-refractivity contribution is 0.109. The standard InChI is InChI=1S/C14H19FN4O2/c1-2-4-11(21)10(7-20)17-13-12-8(15)5-3-6-9(12)18-14(16)19-13/h3,5-6,10-11,20-21H,2,4,7H2,1H3,(H3,16,17,18,19)/t10-,11+/m1/s1. The maximum atomic E-state index is 14.0. The fourth-order valence-corrected chi connectivity index (χ4v) is 2.20. The summed E-state index contributed by atoms with van der Waals surface area (Å²) in [6.45, 7) is 1.62. The summed E-state index contributed by atoms with van der Waals surface area (Å²) in [5.41, 5.74) is 5.98. The molecule has 0 unspecified atom stereocenters. The predicted molar refractivity (Wildman–Crippen MR) is 79.3 cm³/mol. The van der Waals surface area contributed by atoms with Crippen molar-refractivity contribution in [2.75, 3.05) is 17.7 Å². The molecule has 0 radical (unpaired) electrons. The first-order valence-corrected chi connectivity index (χ1v) is 6.84. The smallest absolute Gasteiger partial charge is 0.222 e. The summed E-state index contributed by atoms with van der Waals surface area (Å²) in [5, 5.41) is 22.4. The first kappa shape index (κ1) is 15.4. The molecule has 1 heterocycles. The van der Waals surface area contributed by atoms with Crippen LogP contribution in [0.1, 0.15) is 19.8 Å². The topological polar surface area (TPSA) is 104 Å². The van der Waals surface area contributed by atoms with Crippen molar-refractivity contribution in [3.05, 3.63) is 24.0 Å². The number of nitrogens with one attached hydrogen (secondary N) is 1. The molecular formula is C14H19FN4O2. The van der Waals surface area contributed by atoms with Gasteiger partial charge in [-0.3, -0.25) is 0 Å². The number of nitrogens with zero attached hydrogens (tertiary/aromatic N) is 2. The summed E-state index contributed by atoms with van der Waals surface area (Å²) in [6.07, 6.45) is 0.512. The van der Waals surface area contributed by atoms with Crippen molar-refractivity contribution < 1.29 is 14.6 Å². The maximum Gasteiger partial charge on any atom is 0.222 e. The Morgan fingerprint density at radius 2 is 2.14 bits per heavy atom. The van der Waals surface area contributed by atoms with E-state index in [1.54, 1.807) is 6.07 Å². The highest BCUT2D eigenvalue weighted by atomic mass is 19.1. The molecule has 5 N–H and O–H groups in total. The number of fused-ring (bicyclic) bond motifs is 1. The molecule has 21 heavy (non-hydrogen) atoms. The van der Waals surface area contributed by atoms with Crippen LogP contribution >= 0.6 is 0 Å². The van der Waals surface area contributed by atoms with Gasteiger partial charge in [-0.05, 0) is 18.6 Å². The second kappa shape index (κ2) is 6.64. The zero-order valence-electron chi connectivity index (χ0n) is 11.8. The molecule has 0 aliphatic heterocycles. The summed E-state index contributed by atoms with van der Waals surface area (Å²) in [4.78, 5) is 7.96. The molecule has 0 spiro atoms. The van der Waals surface area contributed by atoms with Gasteiger partial charge in [-0.1, -0.05) is 19.4 Å². The van der Waals surface area contributed by atoms with E-state index in [4.69, 9.17) is 5.73 Å². The molecule has 0 fully saturated rings. The zero-order chi connectivity index (χ0) is 15.4. The summed E-state index contributed by atoms with van der Waals surface area (Å²) in [7, 11) is 0. The van der Waals surface area contributed by atoms with Gasteiger partial charge < -0.3 is 21.3 Å². The number of rotatable bonds is 6. The van der Waals surface area contributed by atoms with Crippen LogP contribution in [0.3, 0.4) is 0 Å². The Labute approximate surface area is 121 Å². The number of aliphatic hydroxyl groups is 2. The molecule has 6 nitrogen and oxygen atoms in total. The van der Waals surface area contributed by atoms with Gasteiger partial charge in [0.25, 0.3) is 0 Å². The Morgan fingerprint density at radius 1 is 1.38 bits per heavy atom. The van der Waals surface area contributed by atoms with Crippen molar-refractivity contribution in [3.8, 4) is 0 Å². The molecule has 1 aromatic heterocycles. The number of hydrogen-bond acceptors (Lipinski definition) is 6. The van der Waals surface area contributed by atoms with E-state index in [9.17, 15) is 14.6 Å². The Hall–Kier alpha value is -1.99. The monoisotopic (exact) mass is 294 g/mol. The number of hydrogen-bond donors (Lipinski definition) is 4. The third-order valence-corrected chi connectivity index (χ3v) is 3.26. The molecule has 0 aliphatic rings. The highest BCUT2D eigenvalue weighted by Gasteiger charge is 2.20. The van der Waals surface area contributed by atoms with Crippen LogP contribution in [-0.2, 0) is 0 Å². The van der Waals surface area contributed by atoms with Crippen molar-refractivity contribution in [2.24, 2.45) is 0 Å². The van der Waals surface area contributed by atoms with Gasteiger partial charge in [-0.15, -0.1) is 0 Å². The molecule has 1 aromatic carbocycles. The third-order valence-electron chi connectivity index (χ3n) is 3.26. The Balaban J connectivity index is 2.41. The lowest BCUT2D eigenvalue weighted by Crippen LogP contribution is -2.37. The maximum absolute atomic E-state index is 14.0. The average molecular weight is 294 g/mol. The molecular weight excluding hydrogens is 275 g/mol. The van der Waals surface area contributed by atoms with E-state index in [-0.39, 0.29) is 23.8 Å². The largest absolute Gasteiger partial charge is 0.394 e. The Morgan fingerprint density at radius 3 is 2.81 bits per heavy atom. The van der Waals surface area contributed by atoms with Gasteiger partial charge in [0.1, 0.15) is 11.6 Å². The van der Waals surface area contributed by atoms with Crippen LogP contribution in [0, 0.1) is 5.82 Å². The van der Waals surface area contributed by atoms with Crippen LogP contribution < -0.4 is 11.1 Å². The number of aliphatic hydroxyl groups excluding tert-OH is 2. The van der Waals surface area contributed by atoms with Crippen LogP contribution in [-0.4, -0.2) is 38.9 Å². The minimum Gasteiger partial charge on any atom is -0.394 e. The van der Waals surface area contributed by atoms with E-state index in [0.717, 1.165) is 6.42 Å². The van der Waals surface area contributed by atoms with Gasteiger partial charge in [0.05, 0.1) is 29.7 Å². The van der Waals surface area contributed by atoms with Crippen LogP contribution in [0.4, 0.5) is 16.2 Å². The molecule has 0 saturated heterocycles. The van der Waals surface area contributed by atoms with E-state index in [0.29, 0.717) is 11.9 Å². The molecule has 114 valence electrons. The van der Waals surface area contributed by atoms with Gasteiger partial charge in [0.15, 0.2) is 0 Å². The zero-order valence-corrected chi connectivity index (χ0v) is 11.8. The minimum atomic E-state index is -0.766. The van der Waals surface area contributed by atoms with Crippen molar-refractivity contribution in [2.45, 2.75) is 31.9 Å². The lowest BCUT2D eigenvalue weighted by Gasteiger charge is -2.23. The highest BCUT2D eigenvalue weighted by Crippen LogP contribution is 2.25. The normalized spacial score (nSPS) is 14.1. The fraction of sp³-hybridized carbons (Fsp3) is 0.429. The Bertz CT molecular complexity index is 623. The summed E-state index contributed by atoms with van der Waals surface area (Å²) >= 11 is 0. The van der Waals surface area contributed by atoms with Crippen LogP contribution in [0.25, 0.3) is 10.9 Å². The molecule has 0 bridgehead atoms. The summed E-state index contributed by atoms with van der Waals surface area (Å²) in [5.74, 6) is -0.321. The first-order chi connectivity index (χ1) is 10.1. The van der Waals surface area contributed by atoms with E-state index in [1.165, 1.54) is 12.1 Å². The fourth-order valence-electron chi connectivity index (χ4n) is 2.20. The van der Waals surface area contributed by atoms with Crippen molar-refractivity contribution in [1.29, 1.82) is 0 Å². The van der Waals surface area contributed by atoms with Crippen LogP contribution in [0.5, 0.6) is 0 Å². The molecule has 0 amide bonds. The molecule has 0 saturated carbocycles. The van der Waals surface area contributed by atoms with Crippen LogP contribution in [0.15, 0.2) is 18.2 Å². The van der Waals surface area contributed by atoms with Gasteiger partial charge in [0.2, 0.25) is 5.95 Å². The van der Waals surface area contributed by atoms with E-state index >= 15 is 0 Å².